The molecule has 0 bridgehead atoms. The normalized spacial score (nSPS) is 18.8. The summed E-state index contributed by atoms with van der Waals surface area (Å²) in [6.07, 6.45) is -3.14. The minimum atomic E-state index is -4.59. The smallest absolute Gasteiger partial charge is 0.433 e. The second kappa shape index (κ2) is 6.77. The molecule has 0 saturated carbocycles. The molecular weight excluding hydrogens is 295 g/mol. The molecule has 4 nitrogen and oxygen atoms in total. The number of alkyl halides is 3. The molecule has 0 aliphatic carbocycles. The molecule has 1 N–H and O–H groups in total. The van der Waals surface area contributed by atoms with E-state index in [1.807, 2.05) is 0 Å². The van der Waals surface area contributed by atoms with Gasteiger partial charge in [0.15, 0.2) is 0 Å². The average Bonchev–Trinajstić information content (AvgIpc) is 2.38. The molecule has 2 rings (SSSR count). The number of pyridine rings is 1. The fourth-order valence-corrected chi connectivity index (χ4v) is 1.87. The minimum absolute atomic E-state index is 0. The van der Waals surface area contributed by atoms with E-state index in [9.17, 15) is 13.2 Å². The summed E-state index contributed by atoms with van der Waals surface area (Å²) in [7, 11) is 0. The summed E-state index contributed by atoms with van der Waals surface area (Å²) in [4.78, 5) is 3.42. The molecule has 1 atom stereocenters. The first-order valence-electron chi connectivity index (χ1n) is 5.86. The van der Waals surface area contributed by atoms with E-state index in [0.717, 1.165) is 19.4 Å². The van der Waals surface area contributed by atoms with Crippen LogP contribution < -0.4 is 10.1 Å². The van der Waals surface area contributed by atoms with Gasteiger partial charge in [0.2, 0.25) is 5.88 Å². The Labute approximate surface area is 120 Å². The van der Waals surface area contributed by atoms with Gasteiger partial charge in [-0.1, -0.05) is 0 Å². The lowest BCUT2D eigenvalue weighted by Crippen LogP contribution is -2.37. The van der Waals surface area contributed by atoms with E-state index in [0.29, 0.717) is 12.6 Å². The third-order valence-corrected chi connectivity index (χ3v) is 2.76. The molecule has 1 saturated heterocycles. The highest BCUT2D eigenvalue weighted by atomic mass is 35.5. The monoisotopic (exact) mass is 307 g/mol. The van der Waals surface area contributed by atoms with Crippen molar-refractivity contribution < 1.29 is 17.9 Å². The SMILES string of the molecule is Cl.N#Cc1cc(O[C@H]2CCCNC2)nc(C(F)(F)F)c1. The van der Waals surface area contributed by atoms with E-state index in [4.69, 9.17) is 10.00 Å². The molecule has 0 spiro atoms. The van der Waals surface area contributed by atoms with Crippen LogP contribution in [0, 0.1) is 11.3 Å². The van der Waals surface area contributed by atoms with Gasteiger partial charge in [0.05, 0.1) is 11.6 Å². The van der Waals surface area contributed by atoms with Crippen LogP contribution in [0.5, 0.6) is 5.88 Å². The van der Waals surface area contributed by atoms with Crippen molar-refractivity contribution in [1.29, 1.82) is 5.26 Å². The first-order valence-corrected chi connectivity index (χ1v) is 5.86. The van der Waals surface area contributed by atoms with Crippen LogP contribution in [0.2, 0.25) is 0 Å². The third-order valence-electron chi connectivity index (χ3n) is 2.76. The van der Waals surface area contributed by atoms with E-state index in [1.54, 1.807) is 6.07 Å². The zero-order valence-electron chi connectivity index (χ0n) is 10.4. The summed E-state index contributed by atoms with van der Waals surface area (Å²) in [5.74, 6) is -0.153. The maximum Gasteiger partial charge on any atom is 0.433 e. The number of nitriles is 1. The first kappa shape index (κ1) is 16.5. The van der Waals surface area contributed by atoms with E-state index >= 15 is 0 Å². The summed E-state index contributed by atoms with van der Waals surface area (Å²) < 4.78 is 43.3. The van der Waals surface area contributed by atoms with Crippen molar-refractivity contribution in [2.75, 3.05) is 13.1 Å². The summed E-state index contributed by atoms with van der Waals surface area (Å²) >= 11 is 0. The van der Waals surface area contributed by atoms with Gasteiger partial charge in [-0.05, 0) is 25.5 Å². The van der Waals surface area contributed by atoms with Crippen LogP contribution in [0.15, 0.2) is 12.1 Å². The van der Waals surface area contributed by atoms with Crippen molar-refractivity contribution in [3.05, 3.63) is 23.4 Å². The number of rotatable bonds is 2. The number of ether oxygens (including phenoxy) is 1. The molecule has 1 aliphatic heterocycles. The maximum atomic E-state index is 12.6. The van der Waals surface area contributed by atoms with Crippen LogP contribution in [-0.2, 0) is 6.18 Å². The zero-order valence-corrected chi connectivity index (χ0v) is 11.2. The Morgan fingerprint density at radius 3 is 2.70 bits per heavy atom. The Bertz CT molecular complexity index is 496. The van der Waals surface area contributed by atoms with Crippen LogP contribution in [0.25, 0.3) is 0 Å². The van der Waals surface area contributed by atoms with Gasteiger partial charge in [0.1, 0.15) is 11.8 Å². The Kier molecular flexibility index (Phi) is 5.60. The lowest BCUT2D eigenvalue weighted by molar-refractivity contribution is -0.141. The largest absolute Gasteiger partial charge is 0.473 e. The van der Waals surface area contributed by atoms with Gasteiger partial charge >= 0.3 is 6.18 Å². The molecular formula is C12H13ClF3N3O. The Balaban J connectivity index is 0.00000200. The van der Waals surface area contributed by atoms with Crippen molar-refractivity contribution >= 4 is 12.4 Å². The van der Waals surface area contributed by atoms with Gasteiger partial charge in [-0.2, -0.15) is 18.4 Å². The molecule has 1 aromatic heterocycles. The Morgan fingerprint density at radius 1 is 1.40 bits per heavy atom. The maximum absolute atomic E-state index is 12.6. The average molecular weight is 308 g/mol. The molecule has 110 valence electrons. The molecule has 0 aromatic carbocycles. The number of aromatic nitrogens is 1. The van der Waals surface area contributed by atoms with Gasteiger partial charge in [0.25, 0.3) is 0 Å². The molecule has 20 heavy (non-hydrogen) atoms. The molecule has 1 aromatic rings. The molecule has 0 unspecified atom stereocenters. The van der Waals surface area contributed by atoms with Crippen molar-refractivity contribution in [3.63, 3.8) is 0 Å². The molecule has 2 heterocycles. The topological polar surface area (TPSA) is 57.9 Å². The summed E-state index contributed by atoms with van der Waals surface area (Å²) in [5, 5.41) is 11.8. The Morgan fingerprint density at radius 2 is 2.15 bits per heavy atom. The van der Waals surface area contributed by atoms with Crippen LogP contribution in [0.4, 0.5) is 13.2 Å². The van der Waals surface area contributed by atoms with Crippen LogP contribution in [0.1, 0.15) is 24.1 Å². The van der Waals surface area contributed by atoms with Gasteiger partial charge in [-0.25, -0.2) is 4.98 Å². The van der Waals surface area contributed by atoms with Crippen LogP contribution in [0.3, 0.4) is 0 Å². The molecule has 1 aliphatic rings. The molecule has 0 radical (unpaired) electrons. The van der Waals surface area contributed by atoms with E-state index in [2.05, 4.69) is 10.3 Å². The first-order chi connectivity index (χ1) is 8.99. The quantitative estimate of drug-likeness (QED) is 0.912. The summed E-state index contributed by atoms with van der Waals surface area (Å²) in [6, 6.07) is 3.62. The van der Waals surface area contributed by atoms with Crippen LogP contribution >= 0.6 is 12.4 Å². The number of halogens is 4. The molecule has 1 fully saturated rings. The van der Waals surface area contributed by atoms with Gasteiger partial charge in [0, 0.05) is 12.6 Å². The van der Waals surface area contributed by atoms with E-state index in [-0.39, 0.29) is 30.0 Å². The van der Waals surface area contributed by atoms with E-state index in [1.165, 1.54) is 6.07 Å². The van der Waals surface area contributed by atoms with Gasteiger partial charge in [-0.3, -0.25) is 0 Å². The predicted octanol–water partition coefficient (Wildman–Crippen LogP) is 2.52. The lowest BCUT2D eigenvalue weighted by atomic mass is 10.1. The second-order valence-corrected chi connectivity index (χ2v) is 4.28. The number of nitrogens with zero attached hydrogens (tertiary/aromatic N) is 2. The standard InChI is InChI=1S/C12H12F3N3O.ClH/c13-12(14,15)10-4-8(6-16)5-11(18-10)19-9-2-1-3-17-7-9;/h4-5,9,17H,1-3,7H2;1H/t9-;/m0./s1. The zero-order chi connectivity index (χ0) is 13.9. The number of hydrogen-bond donors (Lipinski definition) is 1. The number of hydrogen-bond acceptors (Lipinski definition) is 4. The fourth-order valence-electron chi connectivity index (χ4n) is 1.87. The van der Waals surface area contributed by atoms with Gasteiger partial charge in [-0.15, -0.1) is 12.4 Å². The lowest BCUT2D eigenvalue weighted by Gasteiger charge is -2.23. The van der Waals surface area contributed by atoms with E-state index < -0.39 is 11.9 Å². The Hall–Kier alpha value is -1.52. The highest BCUT2D eigenvalue weighted by Crippen LogP contribution is 2.30. The molecule has 0 amide bonds. The van der Waals surface area contributed by atoms with Crippen LogP contribution in [-0.4, -0.2) is 24.2 Å². The number of piperidine rings is 1. The van der Waals surface area contributed by atoms with Crippen molar-refractivity contribution in [2.45, 2.75) is 25.1 Å². The summed E-state index contributed by atoms with van der Waals surface area (Å²) in [6.45, 7) is 1.44. The van der Waals surface area contributed by atoms with Crippen molar-refractivity contribution in [2.24, 2.45) is 0 Å². The highest BCUT2D eigenvalue weighted by molar-refractivity contribution is 5.85. The van der Waals surface area contributed by atoms with Gasteiger partial charge < -0.3 is 10.1 Å². The van der Waals surface area contributed by atoms with Crippen molar-refractivity contribution in [3.8, 4) is 11.9 Å². The second-order valence-electron chi connectivity index (χ2n) is 4.28. The fraction of sp³-hybridized carbons (Fsp3) is 0.500. The number of nitrogens with one attached hydrogen (secondary N) is 1. The third kappa shape index (κ3) is 4.25. The highest BCUT2D eigenvalue weighted by Gasteiger charge is 2.33. The minimum Gasteiger partial charge on any atom is -0.473 e. The summed E-state index contributed by atoms with van der Waals surface area (Å²) in [5.41, 5.74) is -1.22. The van der Waals surface area contributed by atoms with Crippen molar-refractivity contribution in [1.82, 2.24) is 10.3 Å². The molecule has 8 heteroatoms. The predicted molar refractivity (Wildman–Crippen MR) is 67.7 cm³/mol.